The van der Waals surface area contributed by atoms with E-state index < -0.39 is 0 Å². The van der Waals surface area contributed by atoms with E-state index in [9.17, 15) is 4.79 Å². The van der Waals surface area contributed by atoms with Gasteiger partial charge in [-0.05, 0) is 53.4 Å². The van der Waals surface area contributed by atoms with Crippen LogP contribution in [0.3, 0.4) is 0 Å². The summed E-state index contributed by atoms with van der Waals surface area (Å²) in [5.41, 5.74) is 6.97. The number of nitrogens with one attached hydrogen (secondary N) is 1. The second-order valence-electron chi connectivity index (χ2n) is 6.12. The quantitative estimate of drug-likeness (QED) is 0.518. The number of carbonyl (C=O) groups is 1. The molecule has 1 aliphatic rings. The van der Waals surface area contributed by atoms with Gasteiger partial charge in [0.15, 0.2) is 17.5 Å². The van der Waals surface area contributed by atoms with Gasteiger partial charge in [0.05, 0.1) is 31.8 Å². The molecule has 1 heterocycles. The Bertz CT molecular complexity index is 676. The van der Waals surface area contributed by atoms with Gasteiger partial charge in [-0.3, -0.25) is 0 Å². The number of amides is 1. The van der Waals surface area contributed by atoms with Gasteiger partial charge in [-0.1, -0.05) is 0 Å². The molecule has 0 saturated carbocycles. The number of nitrogens with two attached hydrogens (primary N) is 1. The van der Waals surface area contributed by atoms with Crippen molar-refractivity contribution in [1.82, 2.24) is 10.2 Å². The number of likely N-dealkylation sites (tertiary alicyclic amines) is 1. The van der Waals surface area contributed by atoms with Gasteiger partial charge >= 0.3 is 6.09 Å². The fourth-order valence-corrected chi connectivity index (χ4v) is 3.57. The average molecular weight is 443 g/mol. The van der Waals surface area contributed by atoms with Crippen LogP contribution in [-0.2, 0) is 11.3 Å². The van der Waals surface area contributed by atoms with E-state index in [4.69, 9.17) is 19.9 Å². The first-order valence-electron chi connectivity index (χ1n) is 8.87. The summed E-state index contributed by atoms with van der Waals surface area (Å²) in [5, 5.41) is 3.23. The van der Waals surface area contributed by atoms with Crippen molar-refractivity contribution in [2.75, 3.05) is 33.9 Å². The number of methoxy groups -OCH3 is 2. The van der Waals surface area contributed by atoms with Crippen molar-refractivity contribution in [3.8, 4) is 11.5 Å². The number of halogens is 1. The molecule has 2 rings (SSSR count). The second kappa shape index (κ2) is 10.2. The second-order valence-corrected chi connectivity index (χ2v) is 6.97. The molecule has 8 nitrogen and oxygen atoms in total. The van der Waals surface area contributed by atoms with Crippen LogP contribution >= 0.6 is 15.9 Å². The van der Waals surface area contributed by atoms with Crippen LogP contribution in [0.4, 0.5) is 4.79 Å². The maximum absolute atomic E-state index is 11.7. The molecule has 3 N–H and O–H groups in total. The van der Waals surface area contributed by atoms with Gasteiger partial charge in [-0.25, -0.2) is 9.79 Å². The highest BCUT2D eigenvalue weighted by Crippen LogP contribution is 2.36. The summed E-state index contributed by atoms with van der Waals surface area (Å²) in [6.07, 6.45) is 1.35. The standard InChI is InChI=1S/C18H27BrN4O4/c1-4-27-18(24)23-7-5-13(6-8-23)22-17(20)21-11-12-9-14(19)16(26-3)15(10-12)25-2/h9-10,13H,4-8,11H2,1-3H3,(H3,20,21,22). The smallest absolute Gasteiger partial charge is 0.409 e. The topological polar surface area (TPSA) is 98.4 Å². The van der Waals surface area contributed by atoms with E-state index in [1.807, 2.05) is 12.1 Å². The minimum absolute atomic E-state index is 0.191. The van der Waals surface area contributed by atoms with E-state index in [0.29, 0.717) is 43.7 Å². The number of carbonyl (C=O) groups excluding carboxylic acids is 1. The molecule has 0 bridgehead atoms. The molecule has 1 saturated heterocycles. The molecule has 1 aliphatic heterocycles. The third-order valence-electron chi connectivity index (χ3n) is 4.30. The van der Waals surface area contributed by atoms with Gasteiger partial charge in [-0.2, -0.15) is 0 Å². The van der Waals surface area contributed by atoms with Gasteiger partial charge in [0.2, 0.25) is 0 Å². The normalized spacial score (nSPS) is 15.4. The van der Waals surface area contributed by atoms with Crippen molar-refractivity contribution < 1.29 is 19.0 Å². The Morgan fingerprint density at radius 1 is 1.33 bits per heavy atom. The summed E-state index contributed by atoms with van der Waals surface area (Å²) >= 11 is 3.47. The highest BCUT2D eigenvalue weighted by molar-refractivity contribution is 9.10. The van der Waals surface area contributed by atoms with Crippen LogP contribution in [0.2, 0.25) is 0 Å². The molecule has 0 radical (unpaired) electrons. The first-order chi connectivity index (χ1) is 13.0. The molecule has 0 aromatic heterocycles. The molecule has 0 unspecified atom stereocenters. The van der Waals surface area contributed by atoms with Crippen LogP contribution in [0.25, 0.3) is 0 Å². The highest BCUT2D eigenvalue weighted by Gasteiger charge is 2.23. The molecular formula is C18H27BrN4O4. The SMILES string of the molecule is CCOC(=O)N1CCC(NC(N)=NCc2cc(Br)c(OC)c(OC)c2)CC1. The van der Waals surface area contributed by atoms with Gasteiger partial charge in [0.1, 0.15) is 0 Å². The van der Waals surface area contributed by atoms with Gasteiger partial charge in [0.25, 0.3) is 0 Å². The molecule has 0 atom stereocenters. The van der Waals surface area contributed by atoms with Crippen LogP contribution in [0, 0.1) is 0 Å². The number of rotatable bonds is 6. The molecule has 1 aromatic carbocycles. The van der Waals surface area contributed by atoms with Crippen molar-refractivity contribution in [3.05, 3.63) is 22.2 Å². The Kier molecular flexibility index (Phi) is 8.02. The molecule has 1 amide bonds. The number of guanidine groups is 1. The Morgan fingerprint density at radius 3 is 2.63 bits per heavy atom. The zero-order valence-electron chi connectivity index (χ0n) is 16.0. The summed E-state index contributed by atoms with van der Waals surface area (Å²) in [4.78, 5) is 17.8. The Balaban J connectivity index is 1.88. The van der Waals surface area contributed by atoms with Gasteiger partial charge < -0.3 is 30.2 Å². The predicted molar refractivity (Wildman–Crippen MR) is 107 cm³/mol. The predicted octanol–water partition coefficient (Wildman–Crippen LogP) is 2.49. The van der Waals surface area contributed by atoms with Crippen molar-refractivity contribution in [2.45, 2.75) is 32.4 Å². The summed E-state index contributed by atoms with van der Waals surface area (Å²) in [5.74, 6) is 1.66. The number of hydrogen-bond acceptors (Lipinski definition) is 5. The lowest BCUT2D eigenvalue weighted by molar-refractivity contribution is 0.0963. The van der Waals surface area contributed by atoms with E-state index in [0.717, 1.165) is 22.9 Å². The number of hydrogen-bond donors (Lipinski definition) is 2. The van der Waals surface area contributed by atoms with Crippen LogP contribution in [0.15, 0.2) is 21.6 Å². The van der Waals surface area contributed by atoms with Crippen LogP contribution < -0.4 is 20.5 Å². The van der Waals surface area contributed by atoms with E-state index in [2.05, 4.69) is 26.2 Å². The zero-order valence-corrected chi connectivity index (χ0v) is 17.5. The van der Waals surface area contributed by atoms with Crippen molar-refractivity contribution in [1.29, 1.82) is 0 Å². The van der Waals surface area contributed by atoms with Crippen molar-refractivity contribution in [2.24, 2.45) is 10.7 Å². The minimum Gasteiger partial charge on any atom is -0.493 e. The maximum Gasteiger partial charge on any atom is 0.409 e. The fraction of sp³-hybridized carbons (Fsp3) is 0.556. The van der Waals surface area contributed by atoms with Crippen molar-refractivity contribution in [3.63, 3.8) is 0 Å². The van der Waals surface area contributed by atoms with Crippen molar-refractivity contribution >= 4 is 28.0 Å². The van der Waals surface area contributed by atoms with E-state index >= 15 is 0 Å². The average Bonchev–Trinajstić information content (AvgIpc) is 2.66. The third-order valence-corrected chi connectivity index (χ3v) is 4.89. The largest absolute Gasteiger partial charge is 0.493 e. The Hall–Kier alpha value is -2.16. The van der Waals surface area contributed by atoms with Crippen LogP contribution in [0.5, 0.6) is 11.5 Å². The Labute approximate surface area is 168 Å². The monoisotopic (exact) mass is 442 g/mol. The first kappa shape index (κ1) is 21.1. The molecule has 1 aromatic rings. The number of benzene rings is 1. The van der Waals surface area contributed by atoms with Gasteiger partial charge in [0, 0.05) is 19.1 Å². The van der Waals surface area contributed by atoms with Crippen LogP contribution in [-0.4, -0.2) is 56.9 Å². The molecule has 1 fully saturated rings. The maximum atomic E-state index is 11.7. The van der Waals surface area contributed by atoms with E-state index in [1.54, 1.807) is 26.0 Å². The minimum atomic E-state index is -0.253. The van der Waals surface area contributed by atoms with Gasteiger partial charge in [-0.15, -0.1) is 0 Å². The number of piperidine rings is 1. The number of nitrogens with zero attached hydrogens (tertiary/aromatic N) is 2. The summed E-state index contributed by atoms with van der Waals surface area (Å²) in [6.45, 7) is 3.90. The third kappa shape index (κ3) is 5.92. The molecule has 9 heteroatoms. The highest BCUT2D eigenvalue weighted by atomic mass is 79.9. The molecule has 27 heavy (non-hydrogen) atoms. The molecule has 0 spiro atoms. The first-order valence-corrected chi connectivity index (χ1v) is 9.66. The lowest BCUT2D eigenvalue weighted by Crippen LogP contribution is -2.48. The van der Waals surface area contributed by atoms with Crippen LogP contribution in [0.1, 0.15) is 25.3 Å². The molecule has 0 aliphatic carbocycles. The summed E-state index contributed by atoms with van der Waals surface area (Å²) in [7, 11) is 3.19. The zero-order chi connectivity index (χ0) is 19.8. The lowest BCUT2D eigenvalue weighted by Gasteiger charge is -2.31. The summed E-state index contributed by atoms with van der Waals surface area (Å²) < 4.78 is 16.5. The molecular weight excluding hydrogens is 416 g/mol. The summed E-state index contributed by atoms with van der Waals surface area (Å²) in [6, 6.07) is 3.99. The fourth-order valence-electron chi connectivity index (χ4n) is 2.92. The van der Waals surface area contributed by atoms with E-state index in [1.165, 1.54) is 0 Å². The number of ether oxygens (including phenoxy) is 3. The molecule has 150 valence electrons. The Morgan fingerprint density at radius 2 is 2.04 bits per heavy atom. The number of aliphatic imine (C=N–C) groups is 1. The lowest BCUT2D eigenvalue weighted by atomic mass is 10.1. The van der Waals surface area contributed by atoms with E-state index in [-0.39, 0.29) is 12.1 Å².